The highest BCUT2D eigenvalue weighted by atomic mass is 16.4. The zero-order valence-corrected chi connectivity index (χ0v) is 19.0. The Bertz CT molecular complexity index is 637. The predicted octanol–water partition coefficient (Wildman–Crippen LogP) is 0.717. The van der Waals surface area contributed by atoms with Gasteiger partial charge >= 0.3 is 5.97 Å². The molecular formula is C21H38N4O5. The Labute approximate surface area is 179 Å². The lowest BCUT2D eigenvalue weighted by molar-refractivity contribution is -0.144. The Morgan fingerprint density at radius 3 is 2.10 bits per heavy atom. The minimum absolute atomic E-state index is 0.0514. The molecule has 0 aliphatic carbocycles. The zero-order chi connectivity index (χ0) is 23.2. The number of nitrogens with one attached hydrogen (secondary N) is 2. The van der Waals surface area contributed by atoms with Gasteiger partial charge < -0.3 is 26.4 Å². The zero-order valence-electron chi connectivity index (χ0n) is 19.0. The number of rotatable bonds is 10. The van der Waals surface area contributed by atoms with Crippen LogP contribution in [0.2, 0.25) is 0 Å². The lowest BCUT2D eigenvalue weighted by atomic mass is 9.97. The van der Waals surface area contributed by atoms with E-state index < -0.39 is 42.0 Å². The van der Waals surface area contributed by atoms with Crippen molar-refractivity contribution in [2.24, 2.45) is 23.5 Å². The van der Waals surface area contributed by atoms with Crippen LogP contribution in [0.15, 0.2) is 0 Å². The van der Waals surface area contributed by atoms with Crippen LogP contribution >= 0.6 is 0 Å². The first-order valence-corrected chi connectivity index (χ1v) is 10.8. The summed E-state index contributed by atoms with van der Waals surface area (Å²) in [5.74, 6) is -2.90. The van der Waals surface area contributed by atoms with Crippen molar-refractivity contribution >= 4 is 23.7 Å². The van der Waals surface area contributed by atoms with Gasteiger partial charge in [0.1, 0.15) is 18.1 Å². The van der Waals surface area contributed by atoms with Gasteiger partial charge in [-0.05, 0) is 30.6 Å². The molecule has 30 heavy (non-hydrogen) atoms. The third kappa shape index (κ3) is 6.42. The summed E-state index contributed by atoms with van der Waals surface area (Å²) in [5, 5.41) is 14.7. The molecule has 5 N–H and O–H groups in total. The van der Waals surface area contributed by atoms with E-state index in [9.17, 15) is 24.3 Å². The van der Waals surface area contributed by atoms with E-state index in [1.807, 2.05) is 20.8 Å². The molecule has 0 saturated carbocycles. The molecule has 9 nitrogen and oxygen atoms in total. The first kappa shape index (κ1) is 25.9. The number of nitrogens with two attached hydrogens (primary N) is 1. The molecule has 1 aliphatic heterocycles. The Morgan fingerprint density at radius 1 is 1.03 bits per heavy atom. The van der Waals surface area contributed by atoms with E-state index in [0.717, 1.165) is 0 Å². The van der Waals surface area contributed by atoms with Crippen LogP contribution in [0.4, 0.5) is 0 Å². The minimum atomic E-state index is -1.11. The molecule has 0 aromatic carbocycles. The number of amides is 3. The Balaban J connectivity index is 2.91. The first-order chi connectivity index (χ1) is 13.9. The molecule has 1 saturated heterocycles. The topological polar surface area (TPSA) is 142 Å². The fourth-order valence-corrected chi connectivity index (χ4v) is 3.49. The van der Waals surface area contributed by atoms with Crippen LogP contribution in [-0.4, -0.2) is 64.4 Å². The largest absolute Gasteiger partial charge is 0.480 e. The summed E-state index contributed by atoms with van der Waals surface area (Å²) in [6.45, 7) is 11.3. The van der Waals surface area contributed by atoms with Crippen molar-refractivity contribution in [2.45, 2.75) is 85.0 Å². The fourth-order valence-electron chi connectivity index (χ4n) is 3.49. The molecule has 172 valence electrons. The lowest BCUT2D eigenvalue weighted by Gasteiger charge is -2.31. The molecule has 1 aliphatic rings. The summed E-state index contributed by atoms with van der Waals surface area (Å²) >= 11 is 0. The maximum absolute atomic E-state index is 12.9. The van der Waals surface area contributed by atoms with Crippen molar-refractivity contribution in [3.8, 4) is 0 Å². The fraction of sp³-hybridized carbons (Fsp3) is 0.810. The highest BCUT2D eigenvalue weighted by Crippen LogP contribution is 2.20. The van der Waals surface area contributed by atoms with Gasteiger partial charge in [0.15, 0.2) is 0 Å². The molecule has 5 atom stereocenters. The summed E-state index contributed by atoms with van der Waals surface area (Å²) in [5.41, 5.74) is 5.98. The van der Waals surface area contributed by atoms with E-state index in [1.165, 1.54) is 4.90 Å². The monoisotopic (exact) mass is 426 g/mol. The standard InChI is InChI=1S/C21H38N4O5/c1-7-13(6)17(21(29)30)24-19(27)16(12(4)5)23-18(26)14-9-8-10-25(14)20(28)15(22)11(2)3/h11-17H,7-10,22H2,1-6H3,(H,23,26)(H,24,27)(H,29,30). The van der Waals surface area contributed by atoms with Gasteiger partial charge in [0.25, 0.3) is 0 Å². The smallest absolute Gasteiger partial charge is 0.326 e. The number of hydrogen-bond acceptors (Lipinski definition) is 5. The highest BCUT2D eigenvalue weighted by molar-refractivity contribution is 5.94. The van der Waals surface area contributed by atoms with Crippen molar-refractivity contribution < 1.29 is 24.3 Å². The van der Waals surface area contributed by atoms with E-state index in [0.29, 0.717) is 25.8 Å². The van der Waals surface area contributed by atoms with E-state index >= 15 is 0 Å². The molecule has 1 rings (SSSR count). The Hall–Kier alpha value is -2.16. The number of carbonyl (C=O) groups excluding carboxylic acids is 3. The number of carbonyl (C=O) groups is 4. The normalized spacial score (nSPS) is 20.6. The van der Waals surface area contributed by atoms with Gasteiger partial charge in [-0.15, -0.1) is 0 Å². The number of carboxylic acids is 1. The Kier molecular flexibility index (Phi) is 9.74. The molecule has 5 unspecified atom stereocenters. The summed E-state index contributed by atoms with van der Waals surface area (Å²) < 4.78 is 0. The minimum Gasteiger partial charge on any atom is -0.480 e. The van der Waals surface area contributed by atoms with E-state index in [1.54, 1.807) is 20.8 Å². The van der Waals surface area contributed by atoms with Crippen molar-refractivity contribution in [1.82, 2.24) is 15.5 Å². The number of nitrogens with zero attached hydrogens (tertiary/aromatic N) is 1. The second kappa shape index (κ2) is 11.3. The van der Waals surface area contributed by atoms with E-state index in [2.05, 4.69) is 10.6 Å². The quantitative estimate of drug-likeness (QED) is 0.405. The maximum atomic E-state index is 12.9. The second-order valence-corrected chi connectivity index (χ2v) is 8.90. The third-order valence-electron chi connectivity index (χ3n) is 5.87. The summed E-state index contributed by atoms with van der Waals surface area (Å²) in [6.07, 6.45) is 1.77. The summed E-state index contributed by atoms with van der Waals surface area (Å²) in [4.78, 5) is 51.4. The maximum Gasteiger partial charge on any atom is 0.326 e. The number of likely N-dealkylation sites (tertiary alicyclic amines) is 1. The molecule has 0 radical (unpaired) electrons. The lowest BCUT2D eigenvalue weighted by Crippen LogP contribution is -2.58. The molecule has 0 aromatic rings. The van der Waals surface area contributed by atoms with Gasteiger partial charge in [-0.2, -0.15) is 0 Å². The summed E-state index contributed by atoms with van der Waals surface area (Å²) in [6, 6.07) is -3.30. The van der Waals surface area contributed by atoms with Crippen LogP contribution in [0.1, 0.15) is 60.8 Å². The van der Waals surface area contributed by atoms with Crippen molar-refractivity contribution in [3.63, 3.8) is 0 Å². The van der Waals surface area contributed by atoms with Crippen LogP contribution in [0, 0.1) is 17.8 Å². The second-order valence-electron chi connectivity index (χ2n) is 8.90. The Morgan fingerprint density at radius 2 is 1.63 bits per heavy atom. The predicted molar refractivity (Wildman–Crippen MR) is 113 cm³/mol. The van der Waals surface area contributed by atoms with Gasteiger partial charge in [-0.1, -0.05) is 48.0 Å². The van der Waals surface area contributed by atoms with Crippen LogP contribution < -0.4 is 16.4 Å². The third-order valence-corrected chi connectivity index (χ3v) is 5.87. The van der Waals surface area contributed by atoms with Crippen molar-refractivity contribution in [3.05, 3.63) is 0 Å². The van der Waals surface area contributed by atoms with Crippen LogP contribution in [0.5, 0.6) is 0 Å². The SMILES string of the molecule is CCC(C)C(NC(=O)C(NC(=O)C1CCCN1C(=O)C(N)C(C)C)C(C)C)C(=O)O. The average molecular weight is 427 g/mol. The first-order valence-electron chi connectivity index (χ1n) is 10.8. The molecule has 9 heteroatoms. The summed E-state index contributed by atoms with van der Waals surface area (Å²) in [7, 11) is 0. The molecule has 1 fully saturated rings. The van der Waals surface area contributed by atoms with Crippen LogP contribution in [0.25, 0.3) is 0 Å². The number of carboxylic acid groups (broad SMARTS) is 1. The van der Waals surface area contributed by atoms with E-state index in [-0.39, 0.29) is 23.7 Å². The molecule has 1 heterocycles. The van der Waals surface area contributed by atoms with Crippen LogP contribution in [0.3, 0.4) is 0 Å². The van der Waals surface area contributed by atoms with Gasteiger partial charge in [-0.25, -0.2) is 4.79 Å². The van der Waals surface area contributed by atoms with Crippen molar-refractivity contribution in [2.75, 3.05) is 6.54 Å². The molecule has 0 spiro atoms. The van der Waals surface area contributed by atoms with Crippen LogP contribution in [-0.2, 0) is 19.2 Å². The number of aliphatic carboxylic acids is 1. The molecule has 0 aromatic heterocycles. The highest BCUT2D eigenvalue weighted by Gasteiger charge is 2.39. The molecular weight excluding hydrogens is 388 g/mol. The van der Waals surface area contributed by atoms with E-state index in [4.69, 9.17) is 5.73 Å². The van der Waals surface area contributed by atoms with Gasteiger partial charge in [0.2, 0.25) is 17.7 Å². The molecule has 0 bridgehead atoms. The molecule has 3 amide bonds. The van der Waals surface area contributed by atoms with Crippen molar-refractivity contribution in [1.29, 1.82) is 0 Å². The van der Waals surface area contributed by atoms with Gasteiger partial charge in [-0.3, -0.25) is 14.4 Å². The number of hydrogen-bond donors (Lipinski definition) is 4. The van der Waals surface area contributed by atoms with Gasteiger partial charge in [0.05, 0.1) is 6.04 Å². The van der Waals surface area contributed by atoms with Gasteiger partial charge in [0, 0.05) is 6.54 Å². The average Bonchev–Trinajstić information content (AvgIpc) is 3.17.